The third-order valence-electron chi connectivity index (χ3n) is 2.98. The molecule has 0 radical (unpaired) electrons. The van der Waals surface area contributed by atoms with E-state index in [9.17, 15) is 18.0 Å². The molecule has 23 heavy (non-hydrogen) atoms. The van der Waals surface area contributed by atoms with Gasteiger partial charge in [-0.2, -0.15) is 18.2 Å². The van der Waals surface area contributed by atoms with Gasteiger partial charge in [-0.3, -0.25) is 4.79 Å². The van der Waals surface area contributed by atoms with E-state index in [2.05, 4.69) is 20.0 Å². The van der Waals surface area contributed by atoms with E-state index >= 15 is 0 Å². The third-order valence-corrected chi connectivity index (χ3v) is 2.98. The van der Waals surface area contributed by atoms with Gasteiger partial charge in [0.2, 0.25) is 6.79 Å². The van der Waals surface area contributed by atoms with Gasteiger partial charge in [0.15, 0.2) is 17.3 Å². The summed E-state index contributed by atoms with van der Waals surface area (Å²) < 4.78 is 51.3. The number of benzene rings is 1. The third kappa shape index (κ3) is 3.35. The summed E-state index contributed by atoms with van der Waals surface area (Å²) >= 11 is 0. The zero-order valence-corrected chi connectivity index (χ0v) is 11.5. The predicted molar refractivity (Wildman–Crippen MR) is 67.9 cm³/mol. The molecule has 1 aliphatic heterocycles. The van der Waals surface area contributed by atoms with Gasteiger partial charge in [0.1, 0.15) is 0 Å². The fourth-order valence-corrected chi connectivity index (χ4v) is 1.90. The Kier molecular flexibility index (Phi) is 3.80. The average molecular weight is 329 g/mol. The first-order valence-corrected chi connectivity index (χ1v) is 6.51. The summed E-state index contributed by atoms with van der Waals surface area (Å²) in [6.07, 6.45) is -4.67. The first kappa shape index (κ1) is 15.1. The lowest BCUT2D eigenvalue weighted by molar-refractivity contribution is -0.159. The second kappa shape index (κ2) is 5.78. The van der Waals surface area contributed by atoms with Crippen LogP contribution in [-0.2, 0) is 12.6 Å². The van der Waals surface area contributed by atoms with Crippen LogP contribution in [0.15, 0.2) is 22.7 Å². The number of carbonyl (C=O) groups is 1. The zero-order valence-electron chi connectivity index (χ0n) is 11.5. The van der Waals surface area contributed by atoms with Crippen LogP contribution in [0.1, 0.15) is 22.1 Å². The molecule has 3 rings (SSSR count). The molecule has 1 amide bonds. The van der Waals surface area contributed by atoms with Gasteiger partial charge in [0.05, 0.1) is 0 Å². The number of amides is 1. The van der Waals surface area contributed by atoms with Crippen molar-refractivity contribution in [1.82, 2.24) is 15.5 Å². The molecule has 0 spiro atoms. The van der Waals surface area contributed by atoms with E-state index in [1.807, 2.05) is 0 Å². The Labute approximate surface area is 127 Å². The topological polar surface area (TPSA) is 86.5 Å². The van der Waals surface area contributed by atoms with Crippen LogP contribution in [0.4, 0.5) is 13.2 Å². The Morgan fingerprint density at radius 2 is 2.04 bits per heavy atom. The molecule has 2 heterocycles. The maximum absolute atomic E-state index is 12.3. The standard InChI is InChI=1S/C13H10F3N3O4/c14-13(15,16)12-18-10(19-23-12)3-4-17-11(20)7-1-2-8-9(5-7)22-6-21-8/h1-2,5H,3-4,6H2,(H,17,20). The minimum Gasteiger partial charge on any atom is -0.454 e. The molecule has 0 aliphatic carbocycles. The molecule has 1 aromatic carbocycles. The van der Waals surface area contributed by atoms with Gasteiger partial charge in [0, 0.05) is 18.5 Å². The Hall–Kier alpha value is -2.78. The highest BCUT2D eigenvalue weighted by atomic mass is 19.4. The van der Waals surface area contributed by atoms with E-state index in [0.29, 0.717) is 17.1 Å². The molecule has 0 fully saturated rings. The van der Waals surface area contributed by atoms with Gasteiger partial charge in [-0.05, 0) is 18.2 Å². The highest BCUT2D eigenvalue weighted by Gasteiger charge is 2.38. The summed E-state index contributed by atoms with van der Waals surface area (Å²) in [5, 5.41) is 5.75. The first-order valence-electron chi connectivity index (χ1n) is 6.51. The van der Waals surface area contributed by atoms with Crippen molar-refractivity contribution < 1.29 is 32.0 Å². The lowest BCUT2D eigenvalue weighted by Gasteiger charge is -2.04. The van der Waals surface area contributed by atoms with E-state index in [0.717, 1.165) is 0 Å². The Morgan fingerprint density at radius 1 is 1.26 bits per heavy atom. The minimum atomic E-state index is -4.68. The lowest BCUT2D eigenvalue weighted by Crippen LogP contribution is -2.25. The van der Waals surface area contributed by atoms with Crippen molar-refractivity contribution >= 4 is 5.91 Å². The fourth-order valence-electron chi connectivity index (χ4n) is 1.90. The largest absolute Gasteiger partial charge is 0.471 e. The molecule has 0 saturated heterocycles. The molecule has 7 nitrogen and oxygen atoms in total. The van der Waals surface area contributed by atoms with Gasteiger partial charge in [-0.1, -0.05) is 5.16 Å². The van der Waals surface area contributed by atoms with Crippen LogP contribution in [0.5, 0.6) is 11.5 Å². The molecule has 10 heteroatoms. The molecule has 2 aromatic rings. The van der Waals surface area contributed by atoms with Gasteiger partial charge >= 0.3 is 12.1 Å². The molecule has 0 unspecified atom stereocenters. The van der Waals surface area contributed by atoms with Gasteiger partial charge in [-0.15, -0.1) is 0 Å². The number of ether oxygens (including phenoxy) is 2. The maximum atomic E-state index is 12.3. The average Bonchev–Trinajstić information content (AvgIpc) is 3.14. The van der Waals surface area contributed by atoms with Crippen molar-refractivity contribution in [2.45, 2.75) is 12.6 Å². The number of halogens is 3. The molecule has 0 atom stereocenters. The van der Waals surface area contributed by atoms with Crippen LogP contribution >= 0.6 is 0 Å². The lowest BCUT2D eigenvalue weighted by atomic mass is 10.2. The van der Waals surface area contributed by atoms with Crippen molar-refractivity contribution in [3.8, 4) is 11.5 Å². The summed E-state index contributed by atoms with van der Waals surface area (Å²) in [7, 11) is 0. The normalized spacial score (nSPS) is 13.2. The molecule has 1 aliphatic rings. The number of alkyl halides is 3. The summed E-state index contributed by atoms with van der Waals surface area (Å²) in [6.45, 7) is 0.157. The second-order valence-corrected chi connectivity index (χ2v) is 4.59. The van der Waals surface area contributed by atoms with Gasteiger partial charge < -0.3 is 19.3 Å². The van der Waals surface area contributed by atoms with Crippen LogP contribution in [0, 0.1) is 0 Å². The van der Waals surface area contributed by atoms with Crippen molar-refractivity contribution in [2.24, 2.45) is 0 Å². The number of nitrogens with one attached hydrogen (secondary N) is 1. The highest BCUT2D eigenvalue weighted by Crippen LogP contribution is 2.32. The van der Waals surface area contributed by atoms with Crippen LogP contribution in [0.2, 0.25) is 0 Å². The smallest absolute Gasteiger partial charge is 0.454 e. The fraction of sp³-hybridized carbons (Fsp3) is 0.308. The highest BCUT2D eigenvalue weighted by molar-refractivity contribution is 5.94. The predicted octanol–water partition coefficient (Wildman–Crippen LogP) is 1.79. The van der Waals surface area contributed by atoms with E-state index in [4.69, 9.17) is 9.47 Å². The van der Waals surface area contributed by atoms with Crippen molar-refractivity contribution in [1.29, 1.82) is 0 Å². The molecule has 0 saturated carbocycles. The van der Waals surface area contributed by atoms with E-state index < -0.39 is 18.0 Å². The van der Waals surface area contributed by atoms with Crippen LogP contribution in [-0.4, -0.2) is 29.4 Å². The molecule has 0 bridgehead atoms. The zero-order chi connectivity index (χ0) is 16.4. The van der Waals surface area contributed by atoms with Crippen molar-refractivity contribution in [2.75, 3.05) is 13.3 Å². The molecule has 1 N–H and O–H groups in total. The van der Waals surface area contributed by atoms with E-state index in [1.165, 1.54) is 6.07 Å². The maximum Gasteiger partial charge on any atom is 0.471 e. The summed E-state index contributed by atoms with van der Waals surface area (Å²) in [4.78, 5) is 15.2. The Balaban J connectivity index is 1.54. The Morgan fingerprint density at radius 3 is 2.78 bits per heavy atom. The number of fused-ring (bicyclic) bond motifs is 1. The van der Waals surface area contributed by atoms with Crippen LogP contribution in [0.3, 0.4) is 0 Å². The SMILES string of the molecule is O=C(NCCc1noc(C(F)(F)F)n1)c1ccc2c(c1)OCO2. The Bertz CT molecular complexity index is 729. The summed E-state index contributed by atoms with van der Waals surface area (Å²) in [6, 6.07) is 4.68. The summed E-state index contributed by atoms with van der Waals surface area (Å²) in [5.41, 5.74) is 0.346. The van der Waals surface area contributed by atoms with Crippen LogP contribution in [0.25, 0.3) is 0 Å². The van der Waals surface area contributed by atoms with Gasteiger partial charge in [-0.25, -0.2) is 0 Å². The van der Waals surface area contributed by atoms with Crippen molar-refractivity contribution in [3.05, 3.63) is 35.5 Å². The number of rotatable bonds is 4. The monoisotopic (exact) mass is 329 g/mol. The minimum absolute atomic E-state index is 0.00979. The molecule has 122 valence electrons. The number of nitrogens with zero attached hydrogens (tertiary/aromatic N) is 2. The molecular formula is C13H10F3N3O4. The molecular weight excluding hydrogens is 319 g/mol. The van der Waals surface area contributed by atoms with Crippen molar-refractivity contribution in [3.63, 3.8) is 0 Å². The van der Waals surface area contributed by atoms with Gasteiger partial charge in [0.25, 0.3) is 5.91 Å². The van der Waals surface area contributed by atoms with E-state index in [1.54, 1.807) is 12.1 Å². The van der Waals surface area contributed by atoms with E-state index in [-0.39, 0.29) is 25.6 Å². The number of hydrogen-bond acceptors (Lipinski definition) is 6. The second-order valence-electron chi connectivity index (χ2n) is 4.59. The molecule has 1 aromatic heterocycles. The number of hydrogen-bond donors (Lipinski definition) is 1. The van der Waals surface area contributed by atoms with Crippen LogP contribution < -0.4 is 14.8 Å². The first-order chi connectivity index (χ1) is 10.9. The number of carbonyl (C=O) groups excluding carboxylic acids is 1. The summed E-state index contributed by atoms with van der Waals surface area (Å²) in [5.74, 6) is -0.931. The number of aromatic nitrogens is 2. The quantitative estimate of drug-likeness (QED) is 0.920.